The summed E-state index contributed by atoms with van der Waals surface area (Å²) in [5, 5.41) is 0. The number of hydrogen-bond donors (Lipinski definition) is 0. The molecule has 0 aromatic heterocycles. The first-order chi connectivity index (χ1) is 11.7. The van der Waals surface area contributed by atoms with Crippen molar-refractivity contribution >= 4 is 21.8 Å². The molecular weight excluding hydrogens is 362 g/mol. The monoisotopic (exact) mass is 377 g/mol. The molecule has 0 bridgehead atoms. The summed E-state index contributed by atoms with van der Waals surface area (Å²) in [4.78, 5) is 14.9. The molecule has 24 heavy (non-hydrogen) atoms. The van der Waals surface area contributed by atoms with Crippen LogP contribution in [-0.2, 0) is 6.54 Å². The van der Waals surface area contributed by atoms with Gasteiger partial charge < -0.3 is 4.90 Å². The van der Waals surface area contributed by atoms with Gasteiger partial charge in [0.25, 0.3) is 5.91 Å². The van der Waals surface area contributed by atoms with E-state index in [1.807, 2.05) is 53.4 Å². The van der Waals surface area contributed by atoms with Crippen molar-refractivity contribution in [1.82, 2.24) is 4.90 Å². The second-order valence-electron chi connectivity index (χ2n) is 5.96. The van der Waals surface area contributed by atoms with Crippen molar-refractivity contribution in [2.45, 2.75) is 12.6 Å². The highest BCUT2D eigenvalue weighted by atomic mass is 79.9. The fourth-order valence-corrected chi connectivity index (χ4v) is 3.58. The molecule has 1 aliphatic heterocycles. The molecule has 0 N–H and O–H groups in total. The molecule has 0 fully saturated rings. The van der Waals surface area contributed by atoms with Gasteiger partial charge in [0, 0.05) is 16.6 Å². The number of halogens is 1. The van der Waals surface area contributed by atoms with Gasteiger partial charge in [0.1, 0.15) is 0 Å². The molecule has 3 aromatic carbocycles. The molecule has 0 radical (unpaired) electrons. The second kappa shape index (κ2) is 6.25. The van der Waals surface area contributed by atoms with Crippen molar-refractivity contribution in [2.24, 2.45) is 0 Å². The minimum Gasteiger partial charge on any atom is -0.323 e. The number of amides is 1. The van der Waals surface area contributed by atoms with E-state index in [4.69, 9.17) is 0 Å². The van der Waals surface area contributed by atoms with Gasteiger partial charge in [-0.2, -0.15) is 0 Å². The van der Waals surface area contributed by atoms with Crippen LogP contribution >= 0.6 is 15.9 Å². The van der Waals surface area contributed by atoms with Crippen molar-refractivity contribution < 1.29 is 4.79 Å². The summed E-state index contributed by atoms with van der Waals surface area (Å²) in [5.41, 5.74) is 4.16. The Labute approximate surface area is 149 Å². The minimum atomic E-state index is -0.0398. The first-order valence-corrected chi connectivity index (χ1v) is 8.72. The van der Waals surface area contributed by atoms with Crippen molar-refractivity contribution in [2.75, 3.05) is 0 Å². The van der Waals surface area contributed by atoms with Gasteiger partial charge in [0.2, 0.25) is 0 Å². The van der Waals surface area contributed by atoms with Gasteiger partial charge in [-0.1, -0.05) is 76.6 Å². The lowest BCUT2D eigenvalue weighted by Gasteiger charge is -2.26. The molecule has 3 aromatic rings. The third-order valence-corrected chi connectivity index (χ3v) is 4.97. The Morgan fingerprint density at radius 2 is 1.50 bits per heavy atom. The molecule has 118 valence electrons. The molecule has 0 aliphatic carbocycles. The Morgan fingerprint density at radius 1 is 0.833 bits per heavy atom. The fourth-order valence-electron chi connectivity index (χ4n) is 3.32. The minimum absolute atomic E-state index is 0.0398. The SMILES string of the molecule is O=C1c2ccccc2C(c2ccc(Br)cc2)N1Cc1ccccc1. The summed E-state index contributed by atoms with van der Waals surface area (Å²) in [6, 6.07) is 26.3. The first kappa shape index (κ1) is 15.2. The third-order valence-electron chi connectivity index (χ3n) is 4.44. The van der Waals surface area contributed by atoms with Gasteiger partial charge >= 0.3 is 0 Å². The van der Waals surface area contributed by atoms with E-state index in [9.17, 15) is 4.79 Å². The van der Waals surface area contributed by atoms with Crippen LogP contribution in [0.3, 0.4) is 0 Å². The third kappa shape index (κ3) is 2.65. The largest absolute Gasteiger partial charge is 0.323 e. The number of fused-ring (bicyclic) bond motifs is 1. The Balaban J connectivity index is 1.79. The summed E-state index contributed by atoms with van der Waals surface area (Å²) in [6.45, 7) is 0.606. The first-order valence-electron chi connectivity index (χ1n) is 7.93. The lowest BCUT2D eigenvalue weighted by molar-refractivity contribution is 0.0736. The van der Waals surface area contributed by atoms with Gasteiger partial charge in [-0.15, -0.1) is 0 Å². The zero-order valence-corrected chi connectivity index (χ0v) is 14.6. The van der Waals surface area contributed by atoms with E-state index >= 15 is 0 Å². The summed E-state index contributed by atoms with van der Waals surface area (Å²) >= 11 is 3.49. The summed E-state index contributed by atoms with van der Waals surface area (Å²) in [5.74, 6) is 0.0994. The quantitative estimate of drug-likeness (QED) is 0.614. The molecule has 1 amide bonds. The summed E-state index contributed by atoms with van der Waals surface area (Å²) in [7, 11) is 0. The number of carbonyl (C=O) groups is 1. The topological polar surface area (TPSA) is 20.3 Å². The highest BCUT2D eigenvalue weighted by Gasteiger charge is 2.37. The zero-order chi connectivity index (χ0) is 16.5. The van der Waals surface area contributed by atoms with Gasteiger partial charge in [-0.05, 0) is 34.9 Å². The highest BCUT2D eigenvalue weighted by Crippen LogP contribution is 2.39. The van der Waals surface area contributed by atoms with Crippen LogP contribution in [0.15, 0.2) is 83.3 Å². The maximum atomic E-state index is 13.0. The van der Waals surface area contributed by atoms with Crippen molar-refractivity contribution in [3.05, 3.63) is 106 Å². The van der Waals surface area contributed by atoms with Crippen molar-refractivity contribution in [3.8, 4) is 0 Å². The van der Waals surface area contributed by atoms with Crippen LogP contribution in [0.25, 0.3) is 0 Å². The van der Waals surface area contributed by atoms with Crippen LogP contribution in [0, 0.1) is 0 Å². The van der Waals surface area contributed by atoms with E-state index in [-0.39, 0.29) is 11.9 Å². The van der Waals surface area contributed by atoms with Gasteiger partial charge in [0.05, 0.1) is 6.04 Å². The van der Waals surface area contributed by atoms with E-state index in [0.29, 0.717) is 6.54 Å². The number of benzene rings is 3. The molecule has 3 heteroatoms. The molecule has 0 saturated carbocycles. The average Bonchev–Trinajstić information content (AvgIpc) is 2.89. The normalized spacial score (nSPS) is 16.3. The lowest BCUT2D eigenvalue weighted by atomic mass is 9.98. The maximum absolute atomic E-state index is 13.0. The molecule has 0 saturated heterocycles. The van der Waals surface area contributed by atoms with E-state index in [1.54, 1.807) is 0 Å². The number of rotatable bonds is 3. The van der Waals surface area contributed by atoms with Crippen molar-refractivity contribution in [3.63, 3.8) is 0 Å². The summed E-state index contributed by atoms with van der Waals surface area (Å²) in [6.07, 6.45) is 0. The molecule has 4 rings (SSSR count). The Morgan fingerprint density at radius 3 is 2.25 bits per heavy atom. The smallest absolute Gasteiger partial charge is 0.255 e. The average molecular weight is 378 g/mol. The lowest BCUT2D eigenvalue weighted by Crippen LogP contribution is -2.28. The molecule has 1 unspecified atom stereocenters. The van der Waals surface area contributed by atoms with Gasteiger partial charge in [0.15, 0.2) is 0 Å². The molecule has 0 spiro atoms. The Bertz CT molecular complexity index is 874. The van der Waals surface area contributed by atoms with Crippen molar-refractivity contribution in [1.29, 1.82) is 0 Å². The number of hydrogen-bond acceptors (Lipinski definition) is 1. The summed E-state index contributed by atoms with van der Waals surface area (Å²) < 4.78 is 1.04. The molecule has 1 aliphatic rings. The van der Waals surface area contributed by atoms with Crippen LogP contribution in [0.2, 0.25) is 0 Å². The Kier molecular flexibility index (Phi) is 3.95. The zero-order valence-electron chi connectivity index (χ0n) is 13.0. The fraction of sp³-hybridized carbons (Fsp3) is 0.0952. The molecule has 1 heterocycles. The molecule has 1 atom stereocenters. The maximum Gasteiger partial charge on any atom is 0.255 e. The predicted octanol–water partition coefficient (Wildman–Crippen LogP) is 5.19. The van der Waals surface area contributed by atoms with E-state index in [0.717, 1.165) is 26.7 Å². The van der Waals surface area contributed by atoms with Crippen LogP contribution in [0.5, 0.6) is 0 Å². The van der Waals surface area contributed by atoms with E-state index < -0.39 is 0 Å². The van der Waals surface area contributed by atoms with E-state index in [1.165, 1.54) is 0 Å². The number of nitrogens with zero attached hydrogens (tertiary/aromatic N) is 1. The standard InChI is InChI=1S/C21H16BrNO/c22-17-12-10-16(11-13-17)20-18-8-4-5-9-19(18)21(24)23(20)14-15-6-2-1-3-7-15/h1-13,20H,14H2. The predicted molar refractivity (Wildman–Crippen MR) is 98.7 cm³/mol. The Hall–Kier alpha value is -2.39. The van der Waals surface area contributed by atoms with Crippen LogP contribution in [-0.4, -0.2) is 10.8 Å². The highest BCUT2D eigenvalue weighted by molar-refractivity contribution is 9.10. The van der Waals surface area contributed by atoms with Crippen LogP contribution in [0.1, 0.15) is 33.1 Å². The van der Waals surface area contributed by atoms with Crippen LogP contribution < -0.4 is 0 Å². The van der Waals surface area contributed by atoms with E-state index in [2.05, 4.69) is 46.3 Å². The number of carbonyl (C=O) groups excluding carboxylic acids is 1. The van der Waals surface area contributed by atoms with Crippen LogP contribution in [0.4, 0.5) is 0 Å². The molecular formula is C21H16BrNO. The second-order valence-corrected chi connectivity index (χ2v) is 6.88. The molecule has 2 nitrogen and oxygen atoms in total. The van der Waals surface area contributed by atoms with Gasteiger partial charge in [-0.3, -0.25) is 4.79 Å². The van der Waals surface area contributed by atoms with Gasteiger partial charge in [-0.25, -0.2) is 0 Å².